The van der Waals surface area contributed by atoms with Crippen molar-refractivity contribution in [3.63, 3.8) is 0 Å². The van der Waals surface area contributed by atoms with Crippen LogP contribution in [0.2, 0.25) is 0 Å². The van der Waals surface area contributed by atoms with E-state index in [1.807, 2.05) is 13.0 Å². The lowest BCUT2D eigenvalue weighted by atomic mass is 10.0. The van der Waals surface area contributed by atoms with Gasteiger partial charge in [0.2, 0.25) is 0 Å². The molecule has 0 spiro atoms. The first-order chi connectivity index (χ1) is 8.49. The van der Waals surface area contributed by atoms with Crippen LogP contribution in [0.15, 0.2) is 28.1 Å². The molecule has 18 heavy (non-hydrogen) atoms. The van der Waals surface area contributed by atoms with Gasteiger partial charge in [0.15, 0.2) is 11.6 Å². The molecule has 0 fully saturated rings. The fourth-order valence-electron chi connectivity index (χ4n) is 1.81. The molecule has 0 saturated heterocycles. The quantitative estimate of drug-likeness (QED) is 0.884. The molecule has 0 radical (unpaired) electrons. The number of halogens is 3. The first-order valence-corrected chi connectivity index (χ1v) is 6.96. The lowest BCUT2D eigenvalue weighted by Gasteiger charge is -2.11. The number of hydrogen-bond donors (Lipinski definition) is 1. The zero-order valence-electron chi connectivity index (χ0n) is 9.58. The SMILES string of the molecule is Cc1sc(Br)cc1C(O)Cc1cccc(F)c1F. The number of hydrogen-bond acceptors (Lipinski definition) is 2. The summed E-state index contributed by atoms with van der Waals surface area (Å²) in [4.78, 5) is 0.964. The number of thiophene rings is 1. The van der Waals surface area contributed by atoms with Gasteiger partial charge in [0, 0.05) is 11.3 Å². The molecule has 1 atom stereocenters. The molecule has 0 bridgehead atoms. The minimum atomic E-state index is -0.886. The van der Waals surface area contributed by atoms with Gasteiger partial charge < -0.3 is 5.11 Å². The Labute approximate surface area is 116 Å². The van der Waals surface area contributed by atoms with E-state index < -0.39 is 17.7 Å². The molecule has 2 rings (SSSR count). The first kappa shape index (κ1) is 13.6. The van der Waals surface area contributed by atoms with E-state index in [0.29, 0.717) is 0 Å². The van der Waals surface area contributed by atoms with E-state index in [1.54, 1.807) is 0 Å². The number of benzene rings is 1. The predicted molar refractivity (Wildman–Crippen MR) is 71.8 cm³/mol. The second kappa shape index (κ2) is 5.47. The van der Waals surface area contributed by atoms with E-state index in [-0.39, 0.29) is 12.0 Å². The fourth-order valence-corrected chi connectivity index (χ4v) is 3.58. The molecule has 1 unspecified atom stereocenters. The van der Waals surface area contributed by atoms with Gasteiger partial charge in [0.1, 0.15) is 0 Å². The minimum absolute atomic E-state index is 0.0631. The number of aryl methyl sites for hydroxylation is 1. The van der Waals surface area contributed by atoms with Crippen molar-refractivity contribution in [1.29, 1.82) is 0 Å². The molecule has 1 nitrogen and oxygen atoms in total. The van der Waals surface area contributed by atoms with Gasteiger partial charge in [-0.1, -0.05) is 12.1 Å². The molecular weight excluding hydrogens is 322 g/mol. The third-order valence-corrected chi connectivity index (χ3v) is 4.30. The van der Waals surface area contributed by atoms with Crippen molar-refractivity contribution >= 4 is 27.3 Å². The number of aliphatic hydroxyl groups excluding tert-OH is 1. The standard InChI is InChI=1S/C13H11BrF2OS/c1-7-9(6-12(14)18-7)11(17)5-8-3-2-4-10(15)13(8)16/h2-4,6,11,17H,5H2,1H3. The van der Waals surface area contributed by atoms with Gasteiger partial charge in [-0.2, -0.15) is 0 Å². The Bertz CT molecular complexity index is 568. The van der Waals surface area contributed by atoms with Gasteiger partial charge in [-0.3, -0.25) is 0 Å². The van der Waals surface area contributed by atoms with Gasteiger partial charge >= 0.3 is 0 Å². The molecule has 0 aliphatic heterocycles. The van der Waals surface area contributed by atoms with Crippen LogP contribution in [0.3, 0.4) is 0 Å². The van der Waals surface area contributed by atoms with Crippen molar-refractivity contribution in [2.45, 2.75) is 19.4 Å². The van der Waals surface area contributed by atoms with Crippen LogP contribution < -0.4 is 0 Å². The lowest BCUT2D eigenvalue weighted by molar-refractivity contribution is 0.176. The van der Waals surface area contributed by atoms with Gasteiger partial charge in [0.05, 0.1) is 9.89 Å². The molecular formula is C13H11BrF2OS. The van der Waals surface area contributed by atoms with E-state index in [1.165, 1.54) is 23.5 Å². The average Bonchev–Trinajstić information content (AvgIpc) is 2.64. The molecule has 0 aliphatic rings. The van der Waals surface area contributed by atoms with Crippen LogP contribution in [0.25, 0.3) is 0 Å². The Hall–Kier alpha value is -0.780. The zero-order chi connectivity index (χ0) is 13.3. The zero-order valence-corrected chi connectivity index (χ0v) is 12.0. The van der Waals surface area contributed by atoms with E-state index >= 15 is 0 Å². The van der Waals surface area contributed by atoms with Crippen molar-refractivity contribution in [2.75, 3.05) is 0 Å². The number of aliphatic hydroxyl groups is 1. The molecule has 1 aromatic carbocycles. The van der Waals surface area contributed by atoms with E-state index in [2.05, 4.69) is 15.9 Å². The Morgan fingerprint density at radius 2 is 2.11 bits per heavy atom. The topological polar surface area (TPSA) is 20.2 Å². The summed E-state index contributed by atoms with van der Waals surface area (Å²) in [6.07, 6.45) is -0.767. The highest BCUT2D eigenvalue weighted by atomic mass is 79.9. The molecule has 2 aromatic rings. The van der Waals surface area contributed by atoms with Crippen LogP contribution in [0, 0.1) is 18.6 Å². The van der Waals surface area contributed by atoms with Crippen LogP contribution >= 0.6 is 27.3 Å². The Kier molecular flexibility index (Phi) is 4.14. The summed E-state index contributed by atoms with van der Waals surface area (Å²) >= 11 is 4.84. The normalized spacial score (nSPS) is 12.7. The second-order valence-corrected chi connectivity index (χ2v) is 6.63. The van der Waals surface area contributed by atoms with Crippen LogP contribution in [0.4, 0.5) is 8.78 Å². The monoisotopic (exact) mass is 332 g/mol. The summed E-state index contributed by atoms with van der Waals surface area (Å²) in [5.41, 5.74) is 0.930. The van der Waals surface area contributed by atoms with Crippen molar-refractivity contribution < 1.29 is 13.9 Å². The van der Waals surface area contributed by atoms with Crippen molar-refractivity contribution in [3.05, 3.63) is 55.7 Å². The van der Waals surface area contributed by atoms with Crippen molar-refractivity contribution in [2.24, 2.45) is 0 Å². The summed E-state index contributed by atoms with van der Waals surface area (Å²) < 4.78 is 27.5. The van der Waals surface area contributed by atoms with Gasteiger partial charge in [-0.25, -0.2) is 8.78 Å². The maximum atomic E-state index is 13.5. The third-order valence-electron chi connectivity index (χ3n) is 2.73. The minimum Gasteiger partial charge on any atom is -0.388 e. The Balaban J connectivity index is 2.24. The van der Waals surface area contributed by atoms with Crippen molar-refractivity contribution in [1.82, 2.24) is 0 Å². The summed E-state index contributed by atoms with van der Waals surface area (Å²) in [6, 6.07) is 5.80. The highest BCUT2D eigenvalue weighted by Crippen LogP contribution is 2.32. The molecule has 1 N–H and O–H groups in total. The molecule has 1 aromatic heterocycles. The summed E-state index contributed by atoms with van der Waals surface area (Å²) in [6.45, 7) is 1.88. The average molecular weight is 333 g/mol. The van der Waals surface area contributed by atoms with Crippen LogP contribution in [0.1, 0.15) is 22.1 Å². The van der Waals surface area contributed by atoms with Gasteiger partial charge in [0.25, 0.3) is 0 Å². The molecule has 0 saturated carbocycles. The maximum absolute atomic E-state index is 13.5. The molecule has 96 valence electrons. The van der Waals surface area contributed by atoms with E-state index in [0.717, 1.165) is 20.3 Å². The molecule has 0 amide bonds. The number of rotatable bonds is 3. The predicted octanol–water partition coefficient (Wildman–Crippen LogP) is 4.37. The van der Waals surface area contributed by atoms with Crippen LogP contribution in [0.5, 0.6) is 0 Å². The molecule has 1 heterocycles. The smallest absolute Gasteiger partial charge is 0.162 e. The summed E-state index contributed by atoms with van der Waals surface area (Å²) in [5, 5.41) is 10.1. The van der Waals surface area contributed by atoms with E-state index in [4.69, 9.17) is 0 Å². The Morgan fingerprint density at radius 3 is 2.72 bits per heavy atom. The van der Waals surface area contributed by atoms with Crippen molar-refractivity contribution in [3.8, 4) is 0 Å². The first-order valence-electron chi connectivity index (χ1n) is 5.36. The lowest BCUT2D eigenvalue weighted by Crippen LogP contribution is -2.04. The maximum Gasteiger partial charge on any atom is 0.162 e. The molecule has 0 aliphatic carbocycles. The van der Waals surface area contributed by atoms with E-state index in [9.17, 15) is 13.9 Å². The highest BCUT2D eigenvalue weighted by molar-refractivity contribution is 9.11. The Morgan fingerprint density at radius 1 is 1.39 bits per heavy atom. The largest absolute Gasteiger partial charge is 0.388 e. The fraction of sp³-hybridized carbons (Fsp3) is 0.231. The van der Waals surface area contributed by atoms with Gasteiger partial charge in [-0.15, -0.1) is 11.3 Å². The highest BCUT2D eigenvalue weighted by Gasteiger charge is 2.17. The molecule has 5 heteroatoms. The van der Waals surface area contributed by atoms with Gasteiger partial charge in [-0.05, 0) is 46.1 Å². The summed E-state index contributed by atoms with van der Waals surface area (Å²) in [5.74, 6) is -1.77. The van der Waals surface area contributed by atoms with Crippen LogP contribution in [-0.2, 0) is 6.42 Å². The van der Waals surface area contributed by atoms with Crippen LogP contribution in [-0.4, -0.2) is 5.11 Å². The second-order valence-electron chi connectivity index (χ2n) is 3.99. The summed E-state index contributed by atoms with van der Waals surface area (Å²) in [7, 11) is 0. The third kappa shape index (κ3) is 2.79.